The third-order valence-electron chi connectivity index (χ3n) is 6.06. The van der Waals surface area contributed by atoms with Crippen LogP contribution in [0.1, 0.15) is 36.7 Å². The number of hydrogen-bond acceptors (Lipinski definition) is 3. The number of halogens is 1. The average Bonchev–Trinajstić information content (AvgIpc) is 3.09. The van der Waals surface area contributed by atoms with Gasteiger partial charge in [0.25, 0.3) is 5.91 Å². The molecule has 7 heteroatoms. The lowest BCUT2D eigenvalue weighted by molar-refractivity contribution is -0.139. The number of carbonyl (C=O) groups is 3. The number of nitrogens with zero attached hydrogens (tertiary/aromatic N) is 2. The second-order valence-electron chi connectivity index (χ2n) is 9.04. The van der Waals surface area contributed by atoms with Crippen LogP contribution in [-0.4, -0.2) is 41.8 Å². The van der Waals surface area contributed by atoms with Crippen molar-refractivity contribution in [2.75, 3.05) is 18.0 Å². The molecule has 4 rings (SSSR count). The molecule has 1 heterocycles. The molecule has 34 heavy (non-hydrogen) atoms. The molecule has 1 atom stereocenters. The van der Waals surface area contributed by atoms with Gasteiger partial charge in [-0.15, -0.1) is 0 Å². The molecule has 1 N–H and O–H groups in total. The maximum atomic E-state index is 13.5. The van der Waals surface area contributed by atoms with E-state index in [0.29, 0.717) is 23.4 Å². The Balaban J connectivity index is 1.60. The van der Waals surface area contributed by atoms with Crippen LogP contribution in [-0.2, 0) is 16.1 Å². The van der Waals surface area contributed by atoms with Crippen LogP contribution in [0.15, 0.2) is 60.7 Å². The van der Waals surface area contributed by atoms with Gasteiger partial charge in [-0.3, -0.25) is 19.3 Å². The molecule has 0 bridgehead atoms. The van der Waals surface area contributed by atoms with Crippen molar-refractivity contribution in [1.29, 1.82) is 0 Å². The van der Waals surface area contributed by atoms with E-state index >= 15 is 0 Å². The van der Waals surface area contributed by atoms with Crippen LogP contribution in [0.3, 0.4) is 0 Å². The largest absolute Gasteiger partial charge is 0.354 e. The summed E-state index contributed by atoms with van der Waals surface area (Å²) in [4.78, 5) is 42.4. The van der Waals surface area contributed by atoms with E-state index in [2.05, 4.69) is 5.32 Å². The molecule has 1 aliphatic heterocycles. The molecule has 1 aliphatic rings. The standard InChI is InChI=1S/C27H28FN3O3/c1-17(2)14-29-26(33)18(3)30(15-19-10-12-21(28)13-11-19)24(32)16-31-23-9-5-7-20-6-4-8-22(25(20)23)27(31)34/h4-13,17-18H,14-16H2,1-3H3,(H,29,33). The van der Waals surface area contributed by atoms with Crippen molar-refractivity contribution in [3.63, 3.8) is 0 Å². The number of hydrogen-bond donors (Lipinski definition) is 1. The molecule has 0 saturated carbocycles. The monoisotopic (exact) mass is 461 g/mol. The Morgan fingerprint density at radius 1 is 1.00 bits per heavy atom. The zero-order chi connectivity index (χ0) is 24.4. The molecule has 6 nitrogen and oxygen atoms in total. The van der Waals surface area contributed by atoms with Crippen molar-refractivity contribution in [3.05, 3.63) is 77.6 Å². The summed E-state index contributed by atoms with van der Waals surface area (Å²) in [6.07, 6.45) is 0. The van der Waals surface area contributed by atoms with Crippen LogP contribution in [0.25, 0.3) is 10.8 Å². The lowest BCUT2D eigenvalue weighted by Crippen LogP contribution is -2.51. The van der Waals surface area contributed by atoms with E-state index in [1.807, 2.05) is 44.2 Å². The van der Waals surface area contributed by atoms with E-state index in [0.717, 1.165) is 10.8 Å². The van der Waals surface area contributed by atoms with Gasteiger partial charge in [0.05, 0.1) is 5.69 Å². The minimum atomic E-state index is -0.771. The lowest BCUT2D eigenvalue weighted by atomic mass is 10.1. The number of carbonyl (C=O) groups excluding carboxylic acids is 3. The van der Waals surface area contributed by atoms with E-state index in [9.17, 15) is 18.8 Å². The minimum absolute atomic E-state index is 0.120. The quantitative estimate of drug-likeness (QED) is 0.549. The summed E-state index contributed by atoms with van der Waals surface area (Å²) in [7, 11) is 0. The van der Waals surface area contributed by atoms with Crippen molar-refractivity contribution in [3.8, 4) is 0 Å². The van der Waals surface area contributed by atoms with Crippen molar-refractivity contribution >= 4 is 34.2 Å². The van der Waals surface area contributed by atoms with Gasteiger partial charge < -0.3 is 10.2 Å². The topological polar surface area (TPSA) is 69.7 Å². The van der Waals surface area contributed by atoms with Gasteiger partial charge in [-0.25, -0.2) is 4.39 Å². The summed E-state index contributed by atoms with van der Waals surface area (Å²) in [5.74, 6) is -0.993. The Morgan fingerprint density at radius 3 is 2.35 bits per heavy atom. The Hall–Kier alpha value is -3.74. The molecule has 0 aliphatic carbocycles. The predicted octanol–water partition coefficient (Wildman–Crippen LogP) is 4.13. The van der Waals surface area contributed by atoms with E-state index in [1.54, 1.807) is 25.1 Å². The fourth-order valence-electron chi connectivity index (χ4n) is 4.18. The number of amides is 3. The van der Waals surface area contributed by atoms with Crippen molar-refractivity contribution in [2.24, 2.45) is 5.92 Å². The summed E-state index contributed by atoms with van der Waals surface area (Å²) in [5.41, 5.74) is 1.94. The molecule has 0 spiro atoms. The van der Waals surface area contributed by atoms with Crippen LogP contribution in [0, 0.1) is 11.7 Å². The van der Waals surface area contributed by atoms with Crippen LogP contribution >= 0.6 is 0 Å². The third-order valence-corrected chi connectivity index (χ3v) is 6.06. The van der Waals surface area contributed by atoms with E-state index in [-0.39, 0.29) is 42.5 Å². The SMILES string of the molecule is CC(C)CNC(=O)C(C)N(Cc1ccc(F)cc1)C(=O)CN1C(=O)c2cccc3cccc1c23. The van der Waals surface area contributed by atoms with Gasteiger partial charge in [0, 0.05) is 24.0 Å². The highest BCUT2D eigenvalue weighted by atomic mass is 19.1. The first-order valence-electron chi connectivity index (χ1n) is 11.4. The summed E-state index contributed by atoms with van der Waals surface area (Å²) < 4.78 is 13.4. The zero-order valence-corrected chi connectivity index (χ0v) is 19.5. The van der Waals surface area contributed by atoms with Crippen LogP contribution < -0.4 is 10.2 Å². The fraction of sp³-hybridized carbons (Fsp3) is 0.296. The first-order valence-corrected chi connectivity index (χ1v) is 11.4. The highest BCUT2D eigenvalue weighted by Gasteiger charge is 2.34. The molecule has 0 aromatic heterocycles. The third kappa shape index (κ3) is 4.64. The molecular weight excluding hydrogens is 433 g/mol. The van der Waals surface area contributed by atoms with Crippen molar-refractivity contribution in [2.45, 2.75) is 33.4 Å². The Morgan fingerprint density at radius 2 is 1.68 bits per heavy atom. The number of benzene rings is 3. The number of anilines is 1. The Bertz CT molecular complexity index is 1230. The average molecular weight is 462 g/mol. The Labute approximate surface area is 198 Å². The highest BCUT2D eigenvalue weighted by Crippen LogP contribution is 2.37. The Kier molecular flexibility index (Phi) is 6.63. The second-order valence-corrected chi connectivity index (χ2v) is 9.04. The van der Waals surface area contributed by atoms with E-state index < -0.39 is 6.04 Å². The van der Waals surface area contributed by atoms with Gasteiger partial charge in [-0.2, -0.15) is 0 Å². The minimum Gasteiger partial charge on any atom is -0.354 e. The summed E-state index contributed by atoms with van der Waals surface area (Å²) >= 11 is 0. The summed E-state index contributed by atoms with van der Waals surface area (Å²) in [6.45, 7) is 6.06. The fourth-order valence-corrected chi connectivity index (χ4v) is 4.18. The highest BCUT2D eigenvalue weighted by molar-refractivity contribution is 6.26. The normalized spacial score (nSPS) is 13.4. The molecule has 3 aromatic carbocycles. The summed E-state index contributed by atoms with van der Waals surface area (Å²) in [5, 5.41) is 4.63. The molecule has 3 aromatic rings. The van der Waals surface area contributed by atoms with Gasteiger partial charge in [0.1, 0.15) is 18.4 Å². The van der Waals surface area contributed by atoms with Crippen LogP contribution in [0.5, 0.6) is 0 Å². The second kappa shape index (κ2) is 9.63. The van der Waals surface area contributed by atoms with Gasteiger partial charge >= 0.3 is 0 Å². The van der Waals surface area contributed by atoms with E-state index in [1.165, 1.54) is 21.9 Å². The maximum absolute atomic E-state index is 13.5. The first kappa shape index (κ1) is 23.4. The van der Waals surface area contributed by atoms with Crippen molar-refractivity contribution < 1.29 is 18.8 Å². The van der Waals surface area contributed by atoms with Gasteiger partial charge in [0.15, 0.2) is 0 Å². The lowest BCUT2D eigenvalue weighted by Gasteiger charge is -2.30. The maximum Gasteiger partial charge on any atom is 0.259 e. The number of rotatable bonds is 8. The van der Waals surface area contributed by atoms with E-state index in [4.69, 9.17) is 0 Å². The van der Waals surface area contributed by atoms with Gasteiger partial charge in [-0.05, 0) is 48.1 Å². The summed E-state index contributed by atoms with van der Waals surface area (Å²) in [6, 6.07) is 16.2. The van der Waals surface area contributed by atoms with Gasteiger partial charge in [0.2, 0.25) is 11.8 Å². The molecule has 0 radical (unpaired) electrons. The first-order chi connectivity index (χ1) is 16.3. The zero-order valence-electron chi connectivity index (χ0n) is 19.5. The van der Waals surface area contributed by atoms with Gasteiger partial charge in [-0.1, -0.05) is 50.2 Å². The molecule has 0 saturated heterocycles. The molecule has 3 amide bonds. The van der Waals surface area contributed by atoms with Crippen LogP contribution in [0.4, 0.5) is 10.1 Å². The van der Waals surface area contributed by atoms with Crippen LogP contribution in [0.2, 0.25) is 0 Å². The predicted molar refractivity (Wildman–Crippen MR) is 130 cm³/mol. The number of nitrogens with one attached hydrogen (secondary N) is 1. The molecule has 176 valence electrons. The smallest absolute Gasteiger partial charge is 0.259 e. The molecule has 0 fully saturated rings. The molecular formula is C27H28FN3O3. The van der Waals surface area contributed by atoms with Crippen molar-refractivity contribution in [1.82, 2.24) is 10.2 Å². The molecule has 1 unspecified atom stereocenters.